The molecule has 8 heteroatoms. The van der Waals surface area contributed by atoms with Crippen molar-refractivity contribution in [2.24, 2.45) is 0 Å². The highest BCUT2D eigenvalue weighted by atomic mass is 35.5. The van der Waals surface area contributed by atoms with Crippen LogP contribution in [0.25, 0.3) is 10.9 Å². The van der Waals surface area contributed by atoms with Gasteiger partial charge < -0.3 is 15.2 Å². The van der Waals surface area contributed by atoms with Crippen molar-refractivity contribution in [2.75, 3.05) is 0 Å². The standard InChI is InChI=1S/C16H10ClNO5S/c17-7-3-4-8-9(6-7)18-13(14(19)10-2-1-5-24-10)11(8)12(15(20)21)16(22)23/h1-6,12,18H,(H,20,21)(H,22,23). The summed E-state index contributed by atoms with van der Waals surface area (Å²) in [4.78, 5) is 38.9. The topological polar surface area (TPSA) is 107 Å². The van der Waals surface area contributed by atoms with E-state index in [9.17, 15) is 24.6 Å². The molecular formula is C16H10ClNO5S. The summed E-state index contributed by atoms with van der Waals surface area (Å²) in [6, 6.07) is 7.82. The quantitative estimate of drug-likeness (QED) is 0.476. The molecule has 0 bridgehead atoms. The number of nitrogens with one attached hydrogen (secondary N) is 1. The van der Waals surface area contributed by atoms with Gasteiger partial charge in [-0.1, -0.05) is 23.7 Å². The minimum Gasteiger partial charge on any atom is -0.480 e. The second-order valence-corrected chi connectivity index (χ2v) is 6.40. The molecule has 3 N–H and O–H groups in total. The van der Waals surface area contributed by atoms with Crippen molar-refractivity contribution in [1.29, 1.82) is 0 Å². The molecule has 3 rings (SSSR count). The van der Waals surface area contributed by atoms with Gasteiger partial charge in [-0.15, -0.1) is 11.3 Å². The number of carboxylic acids is 2. The molecule has 122 valence electrons. The van der Waals surface area contributed by atoms with Gasteiger partial charge in [0.25, 0.3) is 0 Å². The van der Waals surface area contributed by atoms with Crippen molar-refractivity contribution in [3.63, 3.8) is 0 Å². The number of aromatic nitrogens is 1. The number of H-pyrrole nitrogens is 1. The van der Waals surface area contributed by atoms with Gasteiger partial charge in [0.2, 0.25) is 5.78 Å². The molecule has 0 aliphatic carbocycles. The largest absolute Gasteiger partial charge is 0.480 e. The number of ketones is 1. The Balaban J connectivity index is 2.31. The van der Waals surface area contributed by atoms with Gasteiger partial charge in [-0.05, 0) is 23.6 Å². The summed E-state index contributed by atoms with van der Waals surface area (Å²) >= 11 is 7.11. The first-order valence-corrected chi connectivity index (χ1v) is 8.01. The maximum Gasteiger partial charge on any atom is 0.322 e. The fourth-order valence-electron chi connectivity index (χ4n) is 2.55. The number of benzene rings is 1. The molecule has 0 radical (unpaired) electrons. The number of rotatable bonds is 5. The van der Waals surface area contributed by atoms with Crippen molar-refractivity contribution < 1.29 is 24.6 Å². The fraction of sp³-hybridized carbons (Fsp3) is 0.0625. The second-order valence-electron chi connectivity index (χ2n) is 5.02. The third kappa shape index (κ3) is 2.68. The van der Waals surface area contributed by atoms with Gasteiger partial charge in [0.1, 0.15) is 0 Å². The Morgan fingerprint density at radius 3 is 2.42 bits per heavy atom. The van der Waals surface area contributed by atoms with E-state index in [4.69, 9.17) is 11.6 Å². The van der Waals surface area contributed by atoms with Crippen LogP contribution in [0.2, 0.25) is 5.02 Å². The van der Waals surface area contributed by atoms with Crippen LogP contribution in [-0.4, -0.2) is 32.9 Å². The second kappa shape index (κ2) is 6.10. The number of halogens is 1. The van der Waals surface area contributed by atoms with Crippen LogP contribution < -0.4 is 0 Å². The van der Waals surface area contributed by atoms with Crippen LogP contribution in [-0.2, 0) is 9.59 Å². The smallest absolute Gasteiger partial charge is 0.322 e. The molecule has 0 aliphatic heterocycles. The van der Waals surface area contributed by atoms with Gasteiger partial charge in [-0.2, -0.15) is 0 Å². The first-order valence-electron chi connectivity index (χ1n) is 6.75. The molecule has 0 fully saturated rings. The van der Waals surface area contributed by atoms with Gasteiger partial charge >= 0.3 is 11.9 Å². The van der Waals surface area contributed by atoms with E-state index in [1.807, 2.05) is 0 Å². The van der Waals surface area contributed by atoms with Crippen LogP contribution >= 0.6 is 22.9 Å². The number of carbonyl (C=O) groups is 3. The minimum atomic E-state index is -1.86. The summed E-state index contributed by atoms with van der Waals surface area (Å²) in [6.07, 6.45) is 0. The molecule has 0 saturated carbocycles. The van der Waals surface area contributed by atoms with Crippen LogP contribution in [0.15, 0.2) is 35.7 Å². The Kier molecular flexibility index (Phi) is 4.13. The number of hydrogen-bond acceptors (Lipinski definition) is 4. The summed E-state index contributed by atoms with van der Waals surface area (Å²) in [5.74, 6) is -5.41. The molecule has 2 heterocycles. The zero-order chi connectivity index (χ0) is 17.4. The zero-order valence-corrected chi connectivity index (χ0v) is 13.5. The van der Waals surface area contributed by atoms with Crippen LogP contribution in [0, 0.1) is 0 Å². The van der Waals surface area contributed by atoms with Crippen LogP contribution in [0.5, 0.6) is 0 Å². The number of hydrogen-bond donors (Lipinski definition) is 3. The van der Waals surface area contributed by atoms with Gasteiger partial charge in [-0.3, -0.25) is 14.4 Å². The highest BCUT2D eigenvalue weighted by molar-refractivity contribution is 7.12. The van der Waals surface area contributed by atoms with Crippen molar-refractivity contribution >= 4 is 51.6 Å². The first-order chi connectivity index (χ1) is 11.4. The molecule has 0 unspecified atom stereocenters. The number of aliphatic carboxylic acids is 2. The monoisotopic (exact) mass is 363 g/mol. The fourth-order valence-corrected chi connectivity index (χ4v) is 3.40. The molecule has 0 saturated heterocycles. The molecule has 6 nitrogen and oxygen atoms in total. The van der Waals surface area contributed by atoms with E-state index in [-0.39, 0.29) is 11.3 Å². The Bertz CT molecular complexity index is 946. The number of thiophene rings is 1. The highest BCUT2D eigenvalue weighted by Gasteiger charge is 2.35. The molecule has 0 atom stereocenters. The zero-order valence-electron chi connectivity index (χ0n) is 11.9. The van der Waals surface area contributed by atoms with Gasteiger partial charge in [0.05, 0.1) is 10.6 Å². The van der Waals surface area contributed by atoms with Crippen molar-refractivity contribution in [3.05, 3.63) is 56.9 Å². The molecule has 2 aromatic heterocycles. The van der Waals surface area contributed by atoms with E-state index in [1.54, 1.807) is 17.5 Å². The molecule has 1 aromatic carbocycles. The van der Waals surface area contributed by atoms with Gasteiger partial charge in [0, 0.05) is 21.5 Å². The lowest BCUT2D eigenvalue weighted by Gasteiger charge is -2.09. The van der Waals surface area contributed by atoms with Gasteiger partial charge in [-0.25, -0.2) is 0 Å². The Morgan fingerprint density at radius 2 is 1.83 bits per heavy atom. The molecule has 3 aromatic rings. The number of fused-ring (bicyclic) bond motifs is 1. The number of carbonyl (C=O) groups excluding carboxylic acids is 1. The van der Waals surface area contributed by atoms with E-state index in [0.717, 1.165) is 0 Å². The predicted molar refractivity (Wildman–Crippen MR) is 89.1 cm³/mol. The lowest BCUT2D eigenvalue weighted by molar-refractivity contribution is -0.149. The summed E-state index contributed by atoms with van der Waals surface area (Å²) in [7, 11) is 0. The SMILES string of the molecule is O=C(c1cccs1)c1[nH]c2cc(Cl)ccc2c1C(C(=O)O)C(=O)O. The predicted octanol–water partition coefficient (Wildman–Crippen LogP) is 3.37. The summed E-state index contributed by atoms with van der Waals surface area (Å²) in [5.41, 5.74) is 0.287. The van der Waals surface area contributed by atoms with E-state index >= 15 is 0 Å². The summed E-state index contributed by atoms with van der Waals surface area (Å²) in [6.45, 7) is 0. The first kappa shape index (κ1) is 16.2. The third-order valence-electron chi connectivity index (χ3n) is 3.56. The molecule has 24 heavy (non-hydrogen) atoms. The van der Waals surface area contributed by atoms with E-state index < -0.39 is 23.6 Å². The average molecular weight is 364 g/mol. The van der Waals surface area contributed by atoms with Gasteiger partial charge in [0.15, 0.2) is 5.92 Å². The Labute approximate surface area is 144 Å². The molecule has 0 aliphatic rings. The summed E-state index contributed by atoms with van der Waals surface area (Å²) < 4.78 is 0. The van der Waals surface area contributed by atoms with Crippen LogP contribution in [0.4, 0.5) is 0 Å². The number of aromatic amines is 1. The van der Waals surface area contributed by atoms with E-state index in [2.05, 4.69) is 4.98 Å². The highest BCUT2D eigenvalue weighted by Crippen LogP contribution is 2.33. The van der Waals surface area contributed by atoms with E-state index in [1.165, 1.54) is 29.5 Å². The Hall–Kier alpha value is -2.64. The lowest BCUT2D eigenvalue weighted by atomic mass is 9.94. The number of carboxylic acid groups (broad SMARTS) is 2. The van der Waals surface area contributed by atoms with Crippen molar-refractivity contribution in [3.8, 4) is 0 Å². The Morgan fingerprint density at radius 1 is 1.12 bits per heavy atom. The van der Waals surface area contributed by atoms with Crippen LogP contribution in [0.1, 0.15) is 26.8 Å². The van der Waals surface area contributed by atoms with Crippen molar-refractivity contribution in [1.82, 2.24) is 4.98 Å². The van der Waals surface area contributed by atoms with E-state index in [0.29, 0.717) is 20.8 Å². The average Bonchev–Trinajstić information content (AvgIpc) is 3.14. The molecule has 0 spiro atoms. The maximum atomic E-state index is 12.7. The van der Waals surface area contributed by atoms with Crippen molar-refractivity contribution in [2.45, 2.75) is 5.92 Å². The lowest BCUT2D eigenvalue weighted by Crippen LogP contribution is -2.23. The summed E-state index contributed by atoms with van der Waals surface area (Å²) in [5, 5.41) is 21.1. The van der Waals surface area contributed by atoms with Crippen LogP contribution in [0.3, 0.4) is 0 Å². The third-order valence-corrected chi connectivity index (χ3v) is 4.66. The normalized spacial score (nSPS) is 11.1. The maximum absolute atomic E-state index is 12.7. The molecule has 0 amide bonds. The minimum absolute atomic E-state index is 0.0514. The molecular weight excluding hydrogens is 354 g/mol.